The van der Waals surface area contributed by atoms with Crippen LogP contribution in [0.4, 0.5) is 13.2 Å². The van der Waals surface area contributed by atoms with Gasteiger partial charge >= 0.3 is 12.1 Å². The van der Waals surface area contributed by atoms with Crippen LogP contribution in [-0.4, -0.2) is 29.6 Å². The van der Waals surface area contributed by atoms with Gasteiger partial charge in [-0.3, -0.25) is 4.79 Å². The number of alkyl halides is 3. The molecule has 6 nitrogen and oxygen atoms in total. The Hall–Kier alpha value is -3.75. The van der Waals surface area contributed by atoms with Crippen LogP contribution in [0, 0.1) is 0 Å². The van der Waals surface area contributed by atoms with E-state index in [0.717, 1.165) is 18.6 Å². The van der Waals surface area contributed by atoms with E-state index in [9.17, 15) is 27.9 Å². The average molecular weight is 461 g/mol. The van der Waals surface area contributed by atoms with Gasteiger partial charge in [0.2, 0.25) is 0 Å². The summed E-state index contributed by atoms with van der Waals surface area (Å²) in [5.74, 6) is -2.09. The Labute approximate surface area is 187 Å². The summed E-state index contributed by atoms with van der Waals surface area (Å²) in [7, 11) is 1.15. The average Bonchev–Trinajstić information content (AvgIpc) is 2.76. The molecule has 0 aromatic heterocycles. The zero-order chi connectivity index (χ0) is 24.4. The van der Waals surface area contributed by atoms with E-state index in [2.05, 4.69) is 5.32 Å². The number of halogens is 3. The quantitative estimate of drug-likeness (QED) is 0.515. The molecule has 0 saturated carbocycles. The Balaban J connectivity index is 2.00. The molecule has 174 valence electrons. The van der Waals surface area contributed by atoms with E-state index in [-0.39, 0.29) is 29.2 Å². The highest BCUT2D eigenvalue weighted by Crippen LogP contribution is 2.37. The van der Waals surface area contributed by atoms with Gasteiger partial charge in [-0.05, 0) is 43.0 Å². The van der Waals surface area contributed by atoms with Crippen LogP contribution in [0.3, 0.4) is 0 Å². The number of carbonyl (C=O) groups is 2. The Morgan fingerprint density at radius 2 is 1.73 bits per heavy atom. The highest BCUT2D eigenvalue weighted by Gasteiger charge is 2.35. The van der Waals surface area contributed by atoms with Crippen molar-refractivity contribution in [2.75, 3.05) is 7.11 Å². The molecule has 0 spiro atoms. The van der Waals surface area contributed by atoms with Crippen molar-refractivity contribution in [3.05, 3.63) is 71.3 Å². The standard InChI is InChI=1S/C24H22F3NO5/c1-23(2,22(30)31)28-21(29)17-10-9-15-6-4-5-7-16(15)20(17)33-13-14-8-11-19(32-3)18(12-14)24(25,26)27/h4-12H,13H2,1-3H3,(H,28,29)(H,30,31). The lowest BCUT2D eigenvalue weighted by Crippen LogP contribution is -2.49. The summed E-state index contributed by atoms with van der Waals surface area (Å²) >= 11 is 0. The fourth-order valence-electron chi connectivity index (χ4n) is 3.20. The minimum atomic E-state index is -4.62. The number of aliphatic carboxylic acids is 1. The van der Waals surface area contributed by atoms with Gasteiger partial charge in [-0.1, -0.05) is 36.4 Å². The number of hydrogen-bond donors (Lipinski definition) is 2. The summed E-state index contributed by atoms with van der Waals surface area (Å²) in [6, 6.07) is 13.8. The molecule has 3 aromatic carbocycles. The number of methoxy groups -OCH3 is 1. The first-order valence-electron chi connectivity index (χ1n) is 9.88. The van der Waals surface area contributed by atoms with Crippen molar-refractivity contribution < 1.29 is 37.3 Å². The number of nitrogens with one attached hydrogen (secondary N) is 1. The van der Waals surface area contributed by atoms with Crippen molar-refractivity contribution in [2.45, 2.75) is 32.2 Å². The molecule has 0 aliphatic carbocycles. The highest BCUT2D eigenvalue weighted by molar-refractivity contribution is 6.05. The molecule has 33 heavy (non-hydrogen) atoms. The minimum Gasteiger partial charge on any atom is -0.496 e. The largest absolute Gasteiger partial charge is 0.496 e. The van der Waals surface area contributed by atoms with E-state index in [0.29, 0.717) is 5.39 Å². The molecule has 0 aliphatic heterocycles. The van der Waals surface area contributed by atoms with Crippen LogP contribution in [-0.2, 0) is 17.6 Å². The van der Waals surface area contributed by atoms with E-state index >= 15 is 0 Å². The lowest BCUT2D eigenvalue weighted by molar-refractivity contribution is -0.143. The third kappa shape index (κ3) is 5.19. The summed E-state index contributed by atoms with van der Waals surface area (Å²) in [5, 5.41) is 13.1. The molecule has 0 saturated heterocycles. The Morgan fingerprint density at radius 1 is 1.03 bits per heavy atom. The first-order chi connectivity index (χ1) is 15.4. The molecule has 0 radical (unpaired) electrons. The number of carboxylic acid groups (broad SMARTS) is 1. The SMILES string of the molecule is COc1ccc(COc2c(C(=O)NC(C)(C)C(=O)O)ccc3ccccc23)cc1C(F)(F)F. The minimum absolute atomic E-state index is 0.0626. The zero-order valence-electron chi connectivity index (χ0n) is 18.1. The van der Waals surface area contributed by atoms with Gasteiger partial charge in [-0.15, -0.1) is 0 Å². The van der Waals surface area contributed by atoms with E-state index in [1.165, 1.54) is 32.0 Å². The Bertz CT molecular complexity index is 1200. The third-order valence-corrected chi connectivity index (χ3v) is 5.04. The molecule has 0 atom stereocenters. The number of carboxylic acids is 1. The highest BCUT2D eigenvalue weighted by atomic mass is 19.4. The van der Waals surface area contributed by atoms with Gasteiger partial charge in [0.05, 0.1) is 18.2 Å². The molecule has 0 heterocycles. The van der Waals surface area contributed by atoms with E-state index in [1.807, 2.05) is 0 Å². The molecule has 2 N–H and O–H groups in total. The number of ether oxygens (including phenoxy) is 2. The second-order valence-corrected chi connectivity index (χ2v) is 7.87. The van der Waals surface area contributed by atoms with Crippen LogP contribution >= 0.6 is 0 Å². The number of amides is 1. The van der Waals surface area contributed by atoms with Gasteiger partial charge in [-0.2, -0.15) is 13.2 Å². The smallest absolute Gasteiger partial charge is 0.419 e. The van der Waals surface area contributed by atoms with E-state index in [4.69, 9.17) is 9.47 Å². The topological polar surface area (TPSA) is 84.9 Å². The van der Waals surface area contributed by atoms with Gasteiger partial charge < -0.3 is 19.9 Å². The number of rotatable bonds is 7. The second-order valence-electron chi connectivity index (χ2n) is 7.87. The second kappa shape index (κ2) is 9.01. The number of benzene rings is 3. The van der Waals surface area contributed by atoms with Crippen LogP contribution in [0.5, 0.6) is 11.5 Å². The number of hydrogen-bond acceptors (Lipinski definition) is 4. The molecular weight excluding hydrogens is 439 g/mol. The fourth-order valence-corrected chi connectivity index (χ4v) is 3.20. The molecule has 9 heteroatoms. The van der Waals surface area contributed by atoms with Gasteiger partial charge in [0.1, 0.15) is 23.6 Å². The zero-order valence-corrected chi connectivity index (χ0v) is 18.1. The normalized spacial score (nSPS) is 11.8. The first kappa shape index (κ1) is 23.9. The summed E-state index contributed by atoms with van der Waals surface area (Å²) in [6.07, 6.45) is -4.62. The van der Waals surface area contributed by atoms with Crippen LogP contribution in [0.2, 0.25) is 0 Å². The number of carbonyl (C=O) groups excluding carboxylic acids is 1. The van der Waals surface area contributed by atoms with Crippen molar-refractivity contribution in [3.8, 4) is 11.5 Å². The summed E-state index contributed by atoms with van der Waals surface area (Å²) in [6.45, 7) is 2.42. The molecule has 0 unspecified atom stereocenters. The Morgan fingerprint density at radius 3 is 2.36 bits per heavy atom. The van der Waals surface area contributed by atoms with Crippen LogP contribution < -0.4 is 14.8 Å². The fraction of sp³-hybridized carbons (Fsp3) is 0.250. The van der Waals surface area contributed by atoms with Crippen molar-refractivity contribution >= 4 is 22.6 Å². The van der Waals surface area contributed by atoms with Gasteiger partial charge in [-0.25, -0.2) is 4.79 Å². The summed E-state index contributed by atoms with van der Waals surface area (Å²) in [5.41, 5.74) is -2.21. The lowest BCUT2D eigenvalue weighted by atomic mass is 10.0. The predicted molar refractivity (Wildman–Crippen MR) is 115 cm³/mol. The predicted octanol–water partition coefficient (Wildman–Crippen LogP) is 5.04. The molecular formula is C24H22F3NO5. The maximum absolute atomic E-state index is 13.4. The molecule has 0 fully saturated rings. The van der Waals surface area contributed by atoms with E-state index < -0.39 is 29.2 Å². The van der Waals surface area contributed by atoms with Crippen LogP contribution in [0.15, 0.2) is 54.6 Å². The van der Waals surface area contributed by atoms with Crippen LogP contribution in [0.25, 0.3) is 10.8 Å². The van der Waals surface area contributed by atoms with Crippen LogP contribution in [0.1, 0.15) is 35.3 Å². The van der Waals surface area contributed by atoms with Crippen molar-refractivity contribution in [3.63, 3.8) is 0 Å². The first-order valence-corrected chi connectivity index (χ1v) is 9.88. The molecule has 3 aromatic rings. The molecule has 1 amide bonds. The maximum Gasteiger partial charge on any atom is 0.419 e. The van der Waals surface area contributed by atoms with Gasteiger partial charge in [0.15, 0.2) is 0 Å². The molecule has 0 aliphatic rings. The van der Waals surface area contributed by atoms with Gasteiger partial charge in [0, 0.05) is 5.39 Å². The molecule has 0 bridgehead atoms. The van der Waals surface area contributed by atoms with E-state index in [1.54, 1.807) is 30.3 Å². The van der Waals surface area contributed by atoms with Gasteiger partial charge in [0.25, 0.3) is 5.91 Å². The summed E-state index contributed by atoms with van der Waals surface area (Å²) < 4.78 is 50.7. The monoisotopic (exact) mass is 461 g/mol. The molecule has 3 rings (SSSR count). The lowest BCUT2D eigenvalue weighted by Gasteiger charge is -2.22. The number of fused-ring (bicyclic) bond motifs is 1. The Kier molecular flexibility index (Phi) is 6.53. The van der Waals surface area contributed by atoms with Crippen molar-refractivity contribution in [2.24, 2.45) is 0 Å². The maximum atomic E-state index is 13.4. The van der Waals surface area contributed by atoms with Crippen molar-refractivity contribution in [1.82, 2.24) is 5.32 Å². The summed E-state index contributed by atoms with van der Waals surface area (Å²) in [4.78, 5) is 24.3. The van der Waals surface area contributed by atoms with Crippen molar-refractivity contribution in [1.29, 1.82) is 0 Å². The third-order valence-electron chi connectivity index (χ3n) is 5.04.